The number of halogens is 1. The van der Waals surface area contributed by atoms with Gasteiger partial charge in [-0.1, -0.05) is 44.5 Å². The average Bonchev–Trinajstić information content (AvgIpc) is 3.24. The number of amides is 1. The quantitative estimate of drug-likeness (QED) is 0.504. The zero-order chi connectivity index (χ0) is 27.2. The van der Waals surface area contributed by atoms with Gasteiger partial charge in [0.2, 0.25) is 5.95 Å². The zero-order valence-corrected chi connectivity index (χ0v) is 22.0. The van der Waals surface area contributed by atoms with E-state index in [1.165, 1.54) is 19.1 Å². The third-order valence-corrected chi connectivity index (χ3v) is 6.96. The molecule has 1 aromatic carbocycles. The Bertz CT molecular complexity index is 1500. The van der Waals surface area contributed by atoms with Crippen molar-refractivity contribution in [2.24, 2.45) is 12.5 Å². The predicted octanol–water partition coefficient (Wildman–Crippen LogP) is 1.93. The van der Waals surface area contributed by atoms with E-state index in [9.17, 15) is 24.3 Å². The molecule has 1 amide bonds. The van der Waals surface area contributed by atoms with Crippen LogP contribution in [-0.2, 0) is 23.1 Å². The topological polar surface area (TPSA) is 132 Å². The fourth-order valence-electron chi connectivity index (χ4n) is 4.64. The van der Waals surface area contributed by atoms with Crippen molar-refractivity contribution in [3.05, 3.63) is 50.1 Å². The molecule has 1 saturated heterocycles. The van der Waals surface area contributed by atoms with E-state index in [1.807, 2.05) is 25.7 Å². The van der Waals surface area contributed by atoms with Crippen molar-refractivity contribution in [1.82, 2.24) is 23.6 Å². The molecule has 4 rings (SSSR count). The lowest BCUT2D eigenvalue weighted by Crippen LogP contribution is -2.59. The molecule has 1 aliphatic heterocycles. The van der Waals surface area contributed by atoms with Gasteiger partial charge in [-0.05, 0) is 17.5 Å². The molecule has 0 aliphatic carbocycles. The highest BCUT2D eigenvalue weighted by Gasteiger charge is 2.40. The van der Waals surface area contributed by atoms with Gasteiger partial charge in [-0.3, -0.25) is 23.3 Å². The summed E-state index contributed by atoms with van der Waals surface area (Å²) < 4.78 is 8.33. The number of aromatic nitrogens is 4. The molecule has 1 unspecified atom stereocenters. The number of carboxylic acid groups (broad SMARTS) is 1. The van der Waals surface area contributed by atoms with Gasteiger partial charge in [-0.25, -0.2) is 9.59 Å². The third-order valence-electron chi connectivity index (χ3n) is 6.64. The number of fused-ring (bicyclic) bond motifs is 1. The Morgan fingerprint density at radius 1 is 1.19 bits per heavy atom. The van der Waals surface area contributed by atoms with E-state index in [4.69, 9.17) is 21.3 Å². The van der Waals surface area contributed by atoms with Crippen LogP contribution in [0.4, 0.5) is 10.7 Å². The first-order valence-electron chi connectivity index (χ1n) is 11.6. The summed E-state index contributed by atoms with van der Waals surface area (Å²) in [6, 6.07) is 6.50. The molecule has 37 heavy (non-hydrogen) atoms. The van der Waals surface area contributed by atoms with Gasteiger partial charge in [0.1, 0.15) is 6.54 Å². The minimum Gasteiger partial charge on any atom is -0.468 e. The maximum atomic E-state index is 13.4. The molecule has 198 valence electrons. The second-order valence-corrected chi connectivity index (χ2v) is 10.4. The van der Waals surface area contributed by atoms with Gasteiger partial charge in [-0.15, -0.1) is 0 Å². The molecule has 1 atom stereocenters. The van der Waals surface area contributed by atoms with E-state index in [0.717, 1.165) is 9.13 Å². The number of ether oxygens (including phenoxy) is 1. The molecule has 12 nitrogen and oxygen atoms in total. The minimum atomic E-state index is -1.01. The van der Waals surface area contributed by atoms with Gasteiger partial charge in [-0.2, -0.15) is 4.98 Å². The number of carbonyl (C=O) groups is 2. The summed E-state index contributed by atoms with van der Waals surface area (Å²) >= 11 is 6.56. The summed E-state index contributed by atoms with van der Waals surface area (Å²) in [4.78, 5) is 58.6. The molecule has 0 bridgehead atoms. The second-order valence-electron chi connectivity index (χ2n) is 9.98. The van der Waals surface area contributed by atoms with Gasteiger partial charge < -0.3 is 19.6 Å². The number of methoxy groups -OCH3 is 1. The number of benzene rings is 1. The Hall–Kier alpha value is -3.80. The van der Waals surface area contributed by atoms with E-state index >= 15 is 0 Å². The Morgan fingerprint density at radius 2 is 1.86 bits per heavy atom. The molecule has 1 fully saturated rings. The van der Waals surface area contributed by atoms with Crippen molar-refractivity contribution in [2.75, 3.05) is 31.6 Å². The van der Waals surface area contributed by atoms with Crippen LogP contribution in [0, 0.1) is 5.41 Å². The van der Waals surface area contributed by atoms with Crippen molar-refractivity contribution in [3.8, 4) is 5.69 Å². The maximum Gasteiger partial charge on any atom is 0.407 e. The summed E-state index contributed by atoms with van der Waals surface area (Å²) in [7, 11) is 2.53. The fourth-order valence-corrected chi connectivity index (χ4v) is 4.86. The van der Waals surface area contributed by atoms with Gasteiger partial charge in [0.25, 0.3) is 5.56 Å². The number of nitrogens with zero attached hydrogens (tertiary/aromatic N) is 6. The van der Waals surface area contributed by atoms with Crippen LogP contribution in [-0.4, -0.2) is 73.5 Å². The number of piperazine rings is 1. The van der Waals surface area contributed by atoms with Crippen molar-refractivity contribution < 1.29 is 19.4 Å². The number of hydrogen-bond acceptors (Lipinski definition) is 7. The largest absolute Gasteiger partial charge is 0.468 e. The Labute approximate surface area is 217 Å². The van der Waals surface area contributed by atoms with Gasteiger partial charge >= 0.3 is 17.8 Å². The number of imidazole rings is 1. The third kappa shape index (κ3) is 4.57. The Morgan fingerprint density at radius 3 is 2.46 bits per heavy atom. The van der Waals surface area contributed by atoms with Crippen LogP contribution in [0.1, 0.15) is 20.8 Å². The maximum absolute atomic E-state index is 13.4. The average molecular weight is 533 g/mol. The summed E-state index contributed by atoms with van der Waals surface area (Å²) in [5.41, 5.74) is -1.22. The first-order valence-corrected chi connectivity index (χ1v) is 12.0. The van der Waals surface area contributed by atoms with Crippen molar-refractivity contribution in [3.63, 3.8) is 0 Å². The Balaban J connectivity index is 2.03. The lowest BCUT2D eigenvalue weighted by Gasteiger charge is -2.46. The standard InChI is InChI=1S/C24H29ClN6O6/c1-24(2,3)16-12-28(10-11-29(16)23(35)36)21-26-19-18(31(21)15-9-7-6-8-14(15)25)20(33)27(4)22(34)30(19)13-17(32)37-5/h6-9,16H,10-13H2,1-5H3,(H,35,36). The molecule has 1 aliphatic rings. The molecule has 0 spiro atoms. The molecule has 2 aromatic heterocycles. The first kappa shape index (κ1) is 26.3. The fraction of sp³-hybridized carbons (Fsp3) is 0.458. The van der Waals surface area contributed by atoms with E-state index in [2.05, 4.69) is 0 Å². The van der Waals surface area contributed by atoms with Crippen molar-refractivity contribution in [1.29, 1.82) is 0 Å². The highest BCUT2D eigenvalue weighted by molar-refractivity contribution is 6.32. The molecule has 0 saturated carbocycles. The molecular formula is C24H29ClN6O6. The number of para-hydroxylation sites is 1. The molecular weight excluding hydrogens is 504 g/mol. The highest BCUT2D eigenvalue weighted by Crippen LogP contribution is 2.33. The number of esters is 1. The van der Waals surface area contributed by atoms with Crippen LogP contribution in [0.5, 0.6) is 0 Å². The zero-order valence-electron chi connectivity index (χ0n) is 21.3. The van der Waals surface area contributed by atoms with Crippen LogP contribution in [0.15, 0.2) is 33.9 Å². The van der Waals surface area contributed by atoms with Crippen molar-refractivity contribution in [2.45, 2.75) is 33.4 Å². The molecule has 3 heterocycles. The summed E-state index contributed by atoms with van der Waals surface area (Å²) in [6.07, 6.45) is -1.01. The summed E-state index contributed by atoms with van der Waals surface area (Å²) in [6.45, 7) is 6.19. The number of carbonyl (C=O) groups excluding carboxylic acids is 1. The second kappa shape index (κ2) is 9.58. The molecule has 13 heteroatoms. The predicted molar refractivity (Wildman–Crippen MR) is 138 cm³/mol. The minimum absolute atomic E-state index is 0.00129. The Kier molecular flexibility index (Phi) is 6.80. The molecule has 3 aromatic rings. The van der Waals surface area contributed by atoms with E-state index < -0.39 is 41.3 Å². The van der Waals surface area contributed by atoms with E-state index in [1.54, 1.807) is 28.8 Å². The summed E-state index contributed by atoms with van der Waals surface area (Å²) in [5, 5.41) is 10.1. The highest BCUT2D eigenvalue weighted by atomic mass is 35.5. The van der Waals surface area contributed by atoms with Gasteiger partial charge in [0.05, 0.1) is 23.9 Å². The normalized spacial score (nSPS) is 16.3. The van der Waals surface area contributed by atoms with Crippen LogP contribution < -0.4 is 16.1 Å². The lowest BCUT2D eigenvalue weighted by molar-refractivity contribution is -0.141. The first-order chi connectivity index (χ1) is 17.4. The summed E-state index contributed by atoms with van der Waals surface area (Å²) in [5.74, 6) is -0.373. The molecule has 0 radical (unpaired) electrons. The lowest BCUT2D eigenvalue weighted by atomic mass is 9.84. The molecule has 1 N–H and O–H groups in total. The van der Waals surface area contributed by atoms with Crippen molar-refractivity contribution >= 4 is 40.8 Å². The van der Waals surface area contributed by atoms with Gasteiger partial charge in [0.15, 0.2) is 11.2 Å². The number of anilines is 1. The van der Waals surface area contributed by atoms with E-state index in [-0.39, 0.29) is 30.8 Å². The van der Waals surface area contributed by atoms with Crippen LogP contribution >= 0.6 is 11.6 Å². The SMILES string of the molecule is COC(=O)Cn1c(=O)n(C)c(=O)c2c1nc(N1CCN(C(=O)O)C(C(C)(C)C)C1)n2-c1ccccc1Cl. The monoisotopic (exact) mass is 532 g/mol. The van der Waals surface area contributed by atoms with Crippen LogP contribution in [0.3, 0.4) is 0 Å². The van der Waals surface area contributed by atoms with Crippen LogP contribution in [0.2, 0.25) is 5.02 Å². The smallest absolute Gasteiger partial charge is 0.407 e. The van der Waals surface area contributed by atoms with E-state index in [0.29, 0.717) is 16.7 Å². The number of rotatable bonds is 4. The van der Waals surface area contributed by atoms with Gasteiger partial charge in [0, 0.05) is 26.7 Å². The van der Waals surface area contributed by atoms with Crippen LogP contribution in [0.25, 0.3) is 16.9 Å². The number of hydrogen-bond donors (Lipinski definition) is 1.